The Balaban J connectivity index is 1.37. The first kappa shape index (κ1) is 30.5. The Kier molecular flexibility index (Phi) is 8.35. The standard InChI is InChI=1S/C34H57NO3Si2/c1-25(35-36-24-26-13-11-10-12-14-26)34(38-40(7,8)9)22-19-31-29-16-15-27-23-28(37-39(4,5)6)17-20-32(27,2)30(29)18-21-33(31,34)3/h10-14,27-31H,15-24H2,1-9H3/b35-25+. The molecule has 0 saturated heterocycles. The molecule has 6 heteroatoms. The summed E-state index contributed by atoms with van der Waals surface area (Å²) in [6.45, 7) is 22.1. The van der Waals surface area contributed by atoms with E-state index in [4.69, 9.17) is 18.8 Å². The van der Waals surface area contributed by atoms with Crippen molar-refractivity contribution in [3.05, 3.63) is 35.9 Å². The zero-order valence-corrected chi connectivity index (χ0v) is 29.0. The van der Waals surface area contributed by atoms with Crippen LogP contribution in [0.15, 0.2) is 35.5 Å². The summed E-state index contributed by atoms with van der Waals surface area (Å²) in [7, 11) is -3.34. The van der Waals surface area contributed by atoms with Crippen LogP contribution < -0.4 is 0 Å². The van der Waals surface area contributed by atoms with Crippen molar-refractivity contribution in [2.45, 2.75) is 136 Å². The normalized spacial score (nSPS) is 40.2. The number of hydrogen-bond donors (Lipinski definition) is 0. The van der Waals surface area contributed by atoms with Gasteiger partial charge < -0.3 is 13.7 Å². The van der Waals surface area contributed by atoms with Gasteiger partial charge in [-0.25, -0.2) is 0 Å². The molecule has 4 fully saturated rings. The molecule has 0 spiro atoms. The Morgan fingerprint density at radius 1 is 0.850 bits per heavy atom. The Labute approximate surface area is 247 Å². The molecule has 4 aliphatic carbocycles. The molecular weight excluding hydrogens is 527 g/mol. The van der Waals surface area contributed by atoms with E-state index in [2.05, 4.69) is 84.3 Å². The van der Waals surface area contributed by atoms with Crippen molar-refractivity contribution in [3.63, 3.8) is 0 Å². The van der Waals surface area contributed by atoms with Crippen molar-refractivity contribution < 1.29 is 13.7 Å². The molecule has 8 unspecified atom stereocenters. The van der Waals surface area contributed by atoms with Gasteiger partial charge in [0, 0.05) is 11.5 Å². The maximum absolute atomic E-state index is 7.31. The smallest absolute Gasteiger partial charge is 0.185 e. The number of nitrogens with zero attached hydrogens (tertiary/aromatic N) is 1. The summed E-state index contributed by atoms with van der Waals surface area (Å²) in [5.74, 6) is 3.17. The highest BCUT2D eigenvalue weighted by Gasteiger charge is 2.67. The van der Waals surface area contributed by atoms with Gasteiger partial charge in [-0.05, 0) is 139 Å². The van der Waals surface area contributed by atoms with Crippen molar-refractivity contribution in [2.24, 2.45) is 39.7 Å². The lowest BCUT2D eigenvalue weighted by molar-refractivity contribution is -0.139. The van der Waals surface area contributed by atoms with Gasteiger partial charge >= 0.3 is 0 Å². The average molecular weight is 584 g/mol. The predicted molar refractivity (Wildman–Crippen MR) is 171 cm³/mol. The van der Waals surface area contributed by atoms with Crippen molar-refractivity contribution in [3.8, 4) is 0 Å². The first-order valence-corrected chi connectivity index (χ1v) is 23.1. The second kappa shape index (κ2) is 11.0. The molecule has 0 radical (unpaired) electrons. The van der Waals surface area contributed by atoms with E-state index >= 15 is 0 Å². The Bertz CT molecular complexity index is 1070. The van der Waals surface area contributed by atoms with Gasteiger partial charge in [0.1, 0.15) is 12.2 Å². The lowest BCUT2D eigenvalue weighted by Crippen LogP contribution is -2.61. The van der Waals surface area contributed by atoms with Gasteiger partial charge in [0.05, 0.1) is 5.71 Å². The second-order valence-corrected chi connectivity index (χ2v) is 25.1. The van der Waals surface area contributed by atoms with E-state index in [-0.39, 0.29) is 11.0 Å². The van der Waals surface area contributed by atoms with E-state index in [0.717, 1.165) is 35.4 Å². The lowest BCUT2D eigenvalue weighted by atomic mass is 9.44. The first-order valence-electron chi connectivity index (χ1n) is 16.3. The molecule has 4 saturated carbocycles. The maximum atomic E-state index is 7.31. The van der Waals surface area contributed by atoms with E-state index in [1.54, 1.807) is 0 Å². The number of rotatable bonds is 8. The molecule has 40 heavy (non-hydrogen) atoms. The minimum atomic E-state index is -1.84. The van der Waals surface area contributed by atoms with E-state index in [0.29, 0.717) is 24.0 Å². The van der Waals surface area contributed by atoms with Crippen molar-refractivity contribution in [1.29, 1.82) is 0 Å². The van der Waals surface area contributed by atoms with Crippen LogP contribution in [-0.2, 0) is 20.3 Å². The third-order valence-electron chi connectivity index (χ3n) is 11.6. The van der Waals surface area contributed by atoms with Crippen molar-refractivity contribution in [1.82, 2.24) is 0 Å². The molecule has 0 aromatic heterocycles. The summed E-state index contributed by atoms with van der Waals surface area (Å²) < 4.78 is 14.0. The molecule has 0 N–H and O–H groups in total. The highest BCUT2D eigenvalue weighted by atomic mass is 28.4. The molecule has 0 bridgehead atoms. The van der Waals surface area contributed by atoms with Crippen LogP contribution in [0.3, 0.4) is 0 Å². The van der Waals surface area contributed by atoms with Gasteiger partial charge in [-0.2, -0.15) is 0 Å². The number of fused-ring (bicyclic) bond motifs is 5. The molecule has 224 valence electrons. The minimum Gasteiger partial charge on any atom is -0.415 e. The van der Waals surface area contributed by atoms with Gasteiger partial charge in [-0.1, -0.05) is 49.3 Å². The van der Waals surface area contributed by atoms with E-state index in [9.17, 15) is 0 Å². The topological polar surface area (TPSA) is 40.0 Å². The molecule has 4 nitrogen and oxygen atoms in total. The summed E-state index contributed by atoms with van der Waals surface area (Å²) in [5, 5.41) is 4.82. The number of hydrogen-bond acceptors (Lipinski definition) is 4. The summed E-state index contributed by atoms with van der Waals surface area (Å²) in [5.41, 5.74) is 2.49. The SMILES string of the molecule is C/C(=N\OCc1ccccc1)C1(O[Si](C)(C)C)CCC2C3CCC4CC(O[Si](C)(C)C)CCC4(C)C3CCC21C. The average Bonchev–Trinajstić information content (AvgIpc) is 3.15. The molecule has 4 aliphatic rings. The highest BCUT2D eigenvalue weighted by Crippen LogP contribution is 2.69. The van der Waals surface area contributed by atoms with Crippen LogP contribution in [0.25, 0.3) is 0 Å². The van der Waals surface area contributed by atoms with Crippen LogP contribution in [0.2, 0.25) is 39.3 Å². The lowest BCUT2D eigenvalue weighted by Gasteiger charge is -2.62. The highest BCUT2D eigenvalue weighted by molar-refractivity contribution is 6.70. The minimum absolute atomic E-state index is 0.111. The Morgan fingerprint density at radius 2 is 1.55 bits per heavy atom. The number of oxime groups is 1. The number of benzene rings is 1. The van der Waals surface area contributed by atoms with E-state index in [1.165, 1.54) is 51.4 Å². The maximum Gasteiger partial charge on any atom is 0.185 e. The van der Waals surface area contributed by atoms with Crippen molar-refractivity contribution >= 4 is 22.3 Å². The molecule has 5 rings (SSSR count). The van der Waals surface area contributed by atoms with Gasteiger partial charge in [-0.3, -0.25) is 0 Å². The van der Waals surface area contributed by atoms with Gasteiger partial charge in [0.15, 0.2) is 16.6 Å². The summed E-state index contributed by atoms with van der Waals surface area (Å²) in [4.78, 5) is 6.01. The van der Waals surface area contributed by atoms with Crippen LogP contribution in [0.1, 0.15) is 84.1 Å². The molecule has 1 aromatic carbocycles. The molecule has 0 aliphatic heterocycles. The molecular formula is C34H57NO3Si2. The van der Waals surface area contributed by atoms with Crippen molar-refractivity contribution in [2.75, 3.05) is 0 Å². The third kappa shape index (κ3) is 5.68. The fraction of sp³-hybridized carbons (Fsp3) is 0.794. The van der Waals surface area contributed by atoms with Crippen LogP contribution in [0, 0.1) is 34.5 Å². The largest absolute Gasteiger partial charge is 0.415 e. The monoisotopic (exact) mass is 583 g/mol. The molecule has 1 aromatic rings. The zero-order valence-electron chi connectivity index (χ0n) is 27.0. The van der Waals surface area contributed by atoms with Crippen LogP contribution in [0.5, 0.6) is 0 Å². The fourth-order valence-electron chi connectivity index (χ4n) is 10.0. The molecule has 8 atom stereocenters. The Hall–Kier alpha value is -0.956. The van der Waals surface area contributed by atoms with E-state index in [1.807, 2.05) is 6.07 Å². The quantitative estimate of drug-likeness (QED) is 0.174. The predicted octanol–water partition coefficient (Wildman–Crippen LogP) is 9.43. The van der Waals surface area contributed by atoms with Gasteiger partial charge in [0.2, 0.25) is 0 Å². The first-order chi connectivity index (χ1) is 18.7. The second-order valence-electron chi connectivity index (χ2n) is 16.3. The van der Waals surface area contributed by atoms with E-state index < -0.39 is 16.6 Å². The summed E-state index contributed by atoms with van der Waals surface area (Å²) in [6.07, 6.45) is 12.1. The molecule has 0 amide bonds. The fourth-order valence-corrected chi connectivity index (χ4v) is 12.8. The summed E-state index contributed by atoms with van der Waals surface area (Å²) >= 11 is 0. The van der Waals surface area contributed by atoms with Crippen LogP contribution in [0.4, 0.5) is 0 Å². The molecule has 0 heterocycles. The Morgan fingerprint density at radius 3 is 2.23 bits per heavy atom. The van der Waals surface area contributed by atoms with Gasteiger partial charge in [0.25, 0.3) is 0 Å². The summed E-state index contributed by atoms with van der Waals surface area (Å²) in [6, 6.07) is 10.4. The third-order valence-corrected chi connectivity index (χ3v) is 13.6. The zero-order chi connectivity index (χ0) is 29.0. The van der Waals surface area contributed by atoms with Gasteiger partial charge in [-0.15, -0.1) is 0 Å². The van der Waals surface area contributed by atoms with Crippen LogP contribution >= 0.6 is 0 Å². The van der Waals surface area contributed by atoms with Crippen LogP contribution in [-0.4, -0.2) is 34.1 Å².